The van der Waals surface area contributed by atoms with E-state index in [1.807, 2.05) is 13.8 Å². The Morgan fingerprint density at radius 1 is 1.46 bits per heavy atom. The quantitative estimate of drug-likeness (QED) is 0.623. The Morgan fingerprint density at radius 3 is 2.46 bits per heavy atom. The predicted octanol–water partition coefficient (Wildman–Crippen LogP) is 2.30. The monoisotopic (exact) mass is 188 g/mol. The molecule has 1 atom stereocenters. The van der Waals surface area contributed by atoms with Gasteiger partial charge in [0.05, 0.1) is 5.41 Å². The Balaban J connectivity index is 3.78. The number of aliphatic carboxylic acids is 1. The Morgan fingerprint density at radius 2 is 2.08 bits per heavy atom. The van der Waals surface area contributed by atoms with Crippen LogP contribution >= 0.6 is 0 Å². The zero-order valence-electron chi connectivity index (χ0n) is 8.80. The number of hydrogen-bond donors (Lipinski definition) is 1. The van der Waals surface area contributed by atoms with Crippen LogP contribution in [-0.4, -0.2) is 24.3 Å². The van der Waals surface area contributed by atoms with Crippen molar-refractivity contribution >= 4 is 5.97 Å². The van der Waals surface area contributed by atoms with Crippen LogP contribution in [0, 0.1) is 5.41 Å². The summed E-state index contributed by atoms with van der Waals surface area (Å²) in [7, 11) is 0. The first kappa shape index (κ1) is 12.4. The van der Waals surface area contributed by atoms with Gasteiger partial charge in [0, 0.05) is 13.2 Å². The third-order valence-electron chi connectivity index (χ3n) is 2.52. The van der Waals surface area contributed by atoms with E-state index in [-0.39, 0.29) is 0 Å². The molecule has 0 spiro atoms. The summed E-state index contributed by atoms with van der Waals surface area (Å²) in [6, 6.07) is 0. The van der Waals surface area contributed by atoms with Crippen LogP contribution in [0.25, 0.3) is 0 Å². The standard InChI is InChI=1S/C10H20O3/c1-4-10(3,9(11)12)7-6-8-13-5-2/h4-8H2,1-3H3,(H,11,12). The summed E-state index contributed by atoms with van der Waals surface area (Å²) in [5, 5.41) is 8.95. The molecule has 1 N–H and O–H groups in total. The fraction of sp³-hybridized carbons (Fsp3) is 0.900. The van der Waals surface area contributed by atoms with Crippen molar-refractivity contribution in [2.75, 3.05) is 13.2 Å². The van der Waals surface area contributed by atoms with Crippen LogP contribution in [0.15, 0.2) is 0 Å². The van der Waals surface area contributed by atoms with Gasteiger partial charge in [0.2, 0.25) is 0 Å². The minimum Gasteiger partial charge on any atom is -0.481 e. The van der Waals surface area contributed by atoms with Gasteiger partial charge in [0.1, 0.15) is 0 Å². The Hall–Kier alpha value is -0.570. The van der Waals surface area contributed by atoms with Crippen molar-refractivity contribution in [3.05, 3.63) is 0 Å². The summed E-state index contributed by atoms with van der Waals surface area (Å²) >= 11 is 0. The maximum atomic E-state index is 10.9. The summed E-state index contributed by atoms with van der Waals surface area (Å²) in [4.78, 5) is 10.9. The first-order chi connectivity index (χ1) is 6.06. The van der Waals surface area contributed by atoms with Crippen molar-refractivity contribution < 1.29 is 14.6 Å². The van der Waals surface area contributed by atoms with Gasteiger partial charge in [-0.3, -0.25) is 4.79 Å². The number of carbonyl (C=O) groups is 1. The van der Waals surface area contributed by atoms with Crippen molar-refractivity contribution in [3.63, 3.8) is 0 Å². The smallest absolute Gasteiger partial charge is 0.309 e. The zero-order valence-corrected chi connectivity index (χ0v) is 8.80. The van der Waals surface area contributed by atoms with E-state index in [1.165, 1.54) is 0 Å². The molecular weight excluding hydrogens is 168 g/mol. The lowest BCUT2D eigenvalue weighted by Crippen LogP contribution is -2.26. The van der Waals surface area contributed by atoms with Crippen LogP contribution in [0.5, 0.6) is 0 Å². The largest absolute Gasteiger partial charge is 0.481 e. The molecule has 3 heteroatoms. The molecule has 0 heterocycles. The fourth-order valence-electron chi connectivity index (χ4n) is 1.14. The predicted molar refractivity (Wildman–Crippen MR) is 51.8 cm³/mol. The number of carboxylic acids is 1. The summed E-state index contributed by atoms with van der Waals surface area (Å²) in [6.45, 7) is 7.02. The third-order valence-corrected chi connectivity index (χ3v) is 2.52. The van der Waals surface area contributed by atoms with E-state index >= 15 is 0 Å². The Kier molecular flexibility index (Phi) is 5.71. The fourth-order valence-corrected chi connectivity index (χ4v) is 1.14. The maximum absolute atomic E-state index is 10.9. The molecule has 0 aromatic heterocycles. The van der Waals surface area contributed by atoms with Crippen molar-refractivity contribution in [2.45, 2.75) is 40.0 Å². The van der Waals surface area contributed by atoms with Gasteiger partial charge in [-0.1, -0.05) is 6.92 Å². The van der Waals surface area contributed by atoms with E-state index in [1.54, 1.807) is 6.92 Å². The molecule has 0 amide bonds. The summed E-state index contributed by atoms with van der Waals surface area (Å²) in [6.07, 6.45) is 2.19. The van der Waals surface area contributed by atoms with Crippen LogP contribution in [0.4, 0.5) is 0 Å². The highest BCUT2D eigenvalue weighted by Gasteiger charge is 2.29. The molecule has 78 valence electrons. The first-order valence-corrected chi connectivity index (χ1v) is 4.88. The SMILES string of the molecule is CCOCCCC(C)(CC)C(=O)O. The second kappa shape index (κ2) is 5.97. The van der Waals surface area contributed by atoms with Gasteiger partial charge in [-0.2, -0.15) is 0 Å². The van der Waals surface area contributed by atoms with Crippen molar-refractivity contribution in [1.29, 1.82) is 0 Å². The molecule has 0 bridgehead atoms. The lowest BCUT2D eigenvalue weighted by atomic mass is 9.83. The van der Waals surface area contributed by atoms with Crippen LogP contribution < -0.4 is 0 Å². The van der Waals surface area contributed by atoms with Crippen LogP contribution in [0.2, 0.25) is 0 Å². The zero-order chi connectivity index (χ0) is 10.3. The van der Waals surface area contributed by atoms with Gasteiger partial charge in [0.25, 0.3) is 0 Å². The highest BCUT2D eigenvalue weighted by Crippen LogP contribution is 2.27. The molecule has 0 fully saturated rings. The molecule has 0 aliphatic rings. The summed E-state index contributed by atoms with van der Waals surface area (Å²) in [5.74, 6) is -0.702. The van der Waals surface area contributed by atoms with Crippen molar-refractivity contribution in [1.82, 2.24) is 0 Å². The van der Waals surface area contributed by atoms with E-state index in [0.29, 0.717) is 26.1 Å². The molecule has 0 aliphatic carbocycles. The van der Waals surface area contributed by atoms with Crippen molar-refractivity contribution in [3.8, 4) is 0 Å². The van der Waals surface area contributed by atoms with E-state index < -0.39 is 11.4 Å². The topological polar surface area (TPSA) is 46.5 Å². The lowest BCUT2D eigenvalue weighted by molar-refractivity contribution is -0.148. The highest BCUT2D eigenvalue weighted by molar-refractivity contribution is 5.73. The van der Waals surface area contributed by atoms with Gasteiger partial charge in [-0.05, 0) is 33.1 Å². The molecule has 0 aromatic carbocycles. The normalized spacial score (nSPS) is 15.3. The Bertz CT molecular complexity index is 156. The molecule has 0 rings (SSSR count). The molecule has 1 unspecified atom stereocenters. The van der Waals surface area contributed by atoms with Gasteiger partial charge >= 0.3 is 5.97 Å². The molecule has 0 saturated carbocycles. The summed E-state index contributed by atoms with van der Waals surface area (Å²) < 4.78 is 5.16. The molecule has 13 heavy (non-hydrogen) atoms. The van der Waals surface area contributed by atoms with Crippen LogP contribution in [0.1, 0.15) is 40.0 Å². The number of rotatable bonds is 7. The second-order valence-electron chi connectivity index (χ2n) is 3.52. The first-order valence-electron chi connectivity index (χ1n) is 4.88. The van der Waals surface area contributed by atoms with E-state index in [9.17, 15) is 4.79 Å². The van der Waals surface area contributed by atoms with Crippen LogP contribution in [-0.2, 0) is 9.53 Å². The minimum absolute atomic E-state index is 0.572. The van der Waals surface area contributed by atoms with Gasteiger partial charge < -0.3 is 9.84 Å². The van der Waals surface area contributed by atoms with E-state index in [0.717, 1.165) is 6.42 Å². The van der Waals surface area contributed by atoms with Crippen LogP contribution in [0.3, 0.4) is 0 Å². The minimum atomic E-state index is -0.702. The lowest BCUT2D eigenvalue weighted by Gasteiger charge is -2.22. The molecule has 0 radical (unpaired) electrons. The molecule has 0 aliphatic heterocycles. The molecule has 0 saturated heterocycles. The molecular formula is C10H20O3. The third kappa shape index (κ3) is 4.27. The highest BCUT2D eigenvalue weighted by atomic mass is 16.5. The maximum Gasteiger partial charge on any atom is 0.309 e. The second-order valence-corrected chi connectivity index (χ2v) is 3.52. The number of carboxylic acid groups (broad SMARTS) is 1. The average Bonchev–Trinajstić information content (AvgIpc) is 2.12. The summed E-state index contributed by atoms with van der Waals surface area (Å²) in [5.41, 5.74) is -0.572. The van der Waals surface area contributed by atoms with E-state index in [2.05, 4.69) is 0 Å². The number of hydrogen-bond acceptors (Lipinski definition) is 2. The average molecular weight is 188 g/mol. The molecule has 0 aromatic rings. The van der Waals surface area contributed by atoms with E-state index in [4.69, 9.17) is 9.84 Å². The van der Waals surface area contributed by atoms with Gasteiger partial charge in [0.15, 0.2) is 0 Å². The van der Waals surface area contributed by atoms with Gasteiger partial charge in [-0.15, -0.1) is 0 Å². The Labute approximate surface area is 80.1 Å². The van der Waals surface area contributed by atoms with Crippen molar-refractivity contribution in [2.24, 2.45) is 5.41 Å². The number of ether oxygens (including phenoxy) is 1. The molecule has 3 nitrogen and oxygen atoms in total. The van der Waals surface area contributed by atoms with Gasteiger partial charge in [-0.25, -0.2) is 0 Å².